The van der Waals surface area contributed by atoms with E-state index in [0.717, 1.165) is 9.75 Å². The monoisotopic (exact) mass is 461 g/mol. The van der Waals surface area contributed by atoms with Crippen LogP contribution in [0.2, 0.25) is 5.02 Å². The van der Waals surface area contributed by atoms with Gasteiger partial charge in [-0.3, -0.25) is 4.79 Å². The van der Waals surface area contributed by atoms with Crippen LogP contribution < -0.4 is 14.9 Å². The van der Waals surface area contributed by atoms with Crippen LogP contribution >= 0.6 is 22.9 Å². The number of nitrogens with zero attached hydrogens (tertiary/aromatic N) is 1. The third-order valence-corrected chi connectivity index (χ3v) is 6.19. The Hall–Kier alpha value is -2.81. The first-order valence-corrected chi connectivity index (χ1v) is 10.8. The molecule has 0 aliphatic carbocycles. The van der Waals surface area contributed by atoms with Gasteiger partial charge in [-0.15, -0.1) is 11.3 Å². The number of methoxy groups -OCH3 is 1. The molecule has 4 rings (SSSR count). The lowest BCUT2D eigenvalue weighted by Crippen LogP contribution is -2.27. The third-order valence-electron chi connectivity index (χ3n) is 4.87. The SMILES string of the molecule is COCCCOc1cc2c(cc1Cl)-c1cc(=O)c(C(=O)O)cn1[C@H](c1ccc(C)s1)O2. The second-order valence-corrected chi connectivity index (χ2v) is 8.77. The quantitative estimate of drug-likeness (QED) is 0.518. The lowest BCUT2D eigenvalue weighted by atomic mass is 10.1. The van der Waals surface area contributed by atoms with Crippen molar-refractivity contribution in [3.63, 3.8) is 0 Å². The molecule has 31 heavy (non-hydrogen) atoms. The summed E-state index contributed by atoms with van der Waals surface area (Å²) in [6, 6.07) is 8.58. The zero-order valence-electron chi connectivity index (χ0n) is 16.9. The van der Waals surface area contributed by atoms with Crippen molar-refractivity contribution in [2.75, 3.05) is 20.3 Å². The smallest absolute Gasteiger partial charge is 0.341 e. The number of carboxylic acid groups (broad SMARTS) is 1. The van der Waals surface area contributed by atoms with Crippen molar-refractivity contribution in [1.82, 2.24) is 4.57 Å². The van der Waals surface area contributed by atoms with Crippen LogP contribution in [0.5, 0.6) is 11.5 Å². The number of hydrogen-bond acceptors (Lipinski definition) is 6. The molecule has 1 aliphatic rings. The number of carboxylic acids is 1. The molecule has 2 aromatic heterocycles. The zero-order chi connectivity index (χ0) is 22.1. The standard InChI is InChI=1S/C22H20ClNO6S/c1-12-4-5-20(31-12)21-24-11-14(22(26)27)17(25)9-16(24)13-8-15(23)19(10-18(13)30-21)29-7-3-6-28-2/h4-5,8-11,21H,3,6-7H2,1-2H3,(H,26,27)/t21-/m0/s1. The van der Waals surface area contributed by atoms with Gasteiger partial charge in [0.15, 0.2) is 5.43 Å². The molecule has 1 N–H and O–H groups in total. The summed E-state index contributed by atoms with van der Waals surface area (Å²) < 4.78 is 18.7. The molecule has 1 atom stereocenters. The van der Waals surface area contributed by atoms with E-state index >= 15 is 0 Å². The van der Waals surface area contributed by atoms with E-state index < -0.39 is 17.6 Å². The van der Waals surface area contributed by atoms with Gasteiger partial charge in [0.25, 0.3) is 0 Å². The molecule has 0 radical (unpaired) electrons. The minimum atomic E-state index is -1.29. The number of aromatic carboxylic acids is 1. The maximum Gasteiger partial charge on any atom is 0.341 e. The number of aryl methyl sites for hydroxylation is 1. The van der Waals surface area contributed by atoms with Gasteiger partial charge >= 0.3 is 5.97 Å². The molecule has 0 unspecified atom stereocenters. The molecule has 0 amide bonds. The largest absolute Gasteiger partial charge is 0.492 e. The fourth-order valence-corrected chi connectivity index (χ4v) is 4.53. The first-order valence-electron chi connectivity index (χ1n) is 9.57. The summed E-state index contributed by atoms with van der Waals surface area (Å²) in [5.41, 5.74) is 0.218. The summed E-state index contributed by atoms with van der Waals surface area (Å²) >= 11 is 7.96. The highest BCUT2D eigenvalue weighted by Crippen LogP contribution is 2.45. The number of hydrogen-bond donors (Lipinski definition) is 1. The fraction of sp³-hybridized carbons (Fsp3) is 0.273. The summed E-state index contributed by atoms with van der Waals surface area (Å²) in [6.45, 7) is 2.98. The third kappa shape index (κ3) is 4.19. The minimum Gasteiger partial charge on any atom is -0.492 e. The summed E-state index contributed by atoms with van der Waals surface area (Å²) in [5, 5.41) is 9.79. The molecular formula is C22H20ClNO6S. The van der Waals surface area contributed by atoms with E-state index in [4.69, 9.17) is 25.8 Å². The molecule has 7 nitrogen and oxygen atoms in total. The van der Waals surface area contributed by atoms with Crippen molar-refractivity contribution in [3.8, 4) is 22.8 Å². The topological polar surface area (TPSA) is 87.0 Å². The van der Waals surface area contributed by atoms with Crippen LogP contribution in [0.3, 0.4) is 0 Å². The predicted molar refractivity (Wildman–Crippen MR) is 118 cm³/mol. The van der Waals surface area contributed by atoms with Crippen LogP contribution in [-0.2, 0) is 4.74 Å². The van der Waals surface area contributed by atoms with Gasteiger partial charge in [-0.05, 0) is 25.1 Å². The van der Waals surface area contributed by atoms with Gasteiger partial charge < -0.3 is 23.9 Å². The van der Waals surface area contributed by atoms with Gasteiger partial charge in [-0.2, -0.15) is 0 Å². The van der Waals surface area contributed by atoms with Crippen LogP contribution in [0, 0.1) is 6.92 Å². The van der Waals surface area contributed by atoms with E-state index in [0.29, 0.717) is 47.4 Å². The molecule has 3 aromatic rings. The Balaban J connectivity index is 1.83. The van der Waals surface area contributed by atoms with Crippen LogP contribution in [0.1, 0.15) is 32.8 Å². The molecule has 162 valence electrons. The van der Waals surface area contributed by atoms with Gasteiger partial charge in [0.05, 0.1) is 22.2 Å². The molecule has 3 heterocycles. The van der Waals surface area contributed by atoms with Crippen LogP contribution in [0.25, 0.3) is 11.3 Å². The van der Waals surface area contributed by atoms with Crippen LogP contribution in [0.15, 0.2) is 41.3 Å². The number of benzene rings is 1. The molecule has 0 fully saturated rings. The summed E-state index contributed by atoms with van der Waals surface area (Å²) in [6.07, 6.45) is 1.41. The molecule has 9 heteroatoms. The van der Waals surface area contributed by atoms with Gasteiger partial charge in [-0.25, -0.2) is 4.79 Å². The molecular weight excluding hydrogens is 442 g/mol. The van der Waals surface area contributed by atoms with Crippen molar-refractivity contribution >= 4 is 28.9 Å². The molecule has 0 bridgehead atoms. The highest BCUT2D eigenvalue weighted by Gasteiger charge is 2.30. The Morgan fingerprint density at radius 1 is 1.29 bits per heavy atom. The van der Waals surface area contributed by atoms with Crippen molar-refractivity contribution in [2.45, 2.75) is 19.6 Å². The fourth-order valence-electron chi connectivity index (χ4n) is 3.41. The minimum absolute atomic E-state index is 0.321. The lowest BCUT2D eigenvalue weighted by molar-refractivity contribution is 0.0693. The van der Waals surface area contributed by atoms with E-state index in [1.54, 1.807) is 23.8 Å². The Morgan fingerprint density at radius 3 is 2.77 bits per heavy atom. The maximum atomic E-state index is 12.4. The number of carbonyl (C=O) groups is 1. The van der Waals surface area contributed by atoms with Crippen LogP contribution in [-0.4, -0.2) is 36.0 Å². The van der Waals surface area contributed by atoms with E-state index in [-0.39, 0.29) is 5.56 Å². The number of rotatable bonds is 7. The van der Waals surface area contributed by atoms with E-state index in [1.807, 2.05) is 19.1 Å². The molecule has 0 saturated carbocycles. The lowest BCUT2D eigenvalue weighted by Gasteiger charge is -2.31. The normalized spacial score (nSPS) is 14.5. The Kier molecular flexibility index (Phi) is 6.04. The number of pyridine rings is 1. The van der Waals surface area contributed by atoms with E-state index in [9.17, 15) is 14.7 Å². The maximum absolute atomic E-state index is 12.4. The number of ether oxygens (including phenoxy) is 3. The zero-order valence-corrected chi connectivity index (χ0v) is 18.5. The Labute approximate surface area is 187 Å². The highest BCUT2D eigenvalue weighted by molar-refractivity contribution is 7.12. The number of halogens is 1. The second kappa shape index (κ2) is 8.74. The van der Waals surface area contributed by atoms with Gasteiger partial charge in [-0.1, -0.05) is 11.6 Å². The number of thiophene rings is 1. The molecule has 1 aromatic carbocycles. The van der Waals surface area contributed by atoms with E-state index in [1.165, 1.54) is 23.6 Å². The summed E-state index contributed by atoms with van der Waals surface area (Å²) in [7, 11) is 1.63. The van der Waals surface area contributed by atoms with Crippen molar-refractivity contribution in [1.29, 1.82) is 0 Å². The summed E-state index contributed by atoms with van der Waals surface area (Å²) in [5.74, 6) is -0.315. The Bertz CT molecular complexity index is 1200. The molecule has 1 aliphatic heterocycles. The van der Waals surface area contributed by atoms with E-state index in [2.05, 4.69) is 0 Å². The van der Waals surface area contributed by atoms with Gasteiger partial charge in [0, 0.05) is 48.9 Å². The van der Waals surface area contributed by atoms with Crippen molar-refractivity contribution < 1.29 is 24.1 Å². The Morgan fingerprint density at radius 2 is 2.10 bits per heavy atom. The molecule has 0 saturated heterocycles. The second-order valence-electron chi connectivity index (χ2n) is 7.04. The molecule has 0 spiro atoms. The first kappa shape index (κ1) is 21.4. The summed E-state index contributed by atoms with van der Waals surface area (Å²) in [4.78, 5) is 26.0. The van der Waals surface area contributed by atoms with Crippen molar-refractivity contribution in [3.05, 3.63) is 67.1 Å². The predicted octanol–water partition coefficient (Wildman–Crippen LogP) is 4.59. The number of aromatic nitrogens is 1. The average Bonchev–Trinajstić information content (AvgIpc) is 3.16. The average molecular weight is 462 g/mol. The highest BCUT2D eigenvalue weighted by atomic mass is 35.5. The number of fused-ring (bicyclic) bond motifs is 3. The first-order chi connectivity index (χ1) is 14.9. The van der Waals surface area contributed by atoms with Gasteiger partial charge in [0.1, 0.15) is 17.1 Å². The van der Waals surface area contributed by atoms with Gasteiger partial charge in [0.2, 0.25) is 6.23 Å². The van der Waals surface area contributed by atoms with Crippen molar-refractivity contribution in [2.24, 2.45) is 0 Å². The van der Waals surface area contributed by atoms with Crippen LogP contribution in [0.4, 0.5) is 0 Å².